The molecule has 0 fully saturated rings. The highest BCUT2D eigenvalue weighted by Crippen LogP contribution is 2.30. The van der Waals surface area contributed by atoms with Crippen molar-refractivity contribution in [1.82, 2.24) is 10.6 Å². The van der Waals surface area contributed by atoms with Crippen molar-refractivity contribution in [2.45, 2.75) is 45.1 Å². The van der Waals surface area contributed by atoms with Crippen LogP contribution in [0.15, 0.2) is 24.3 Å². The molecule has 1 unspecified atom stereocenters. The quantitative estimate of drug-likeness (QED) is 0.607. The van der Waals surface area contributed by atoms with Crippen LogP contribution >= 0.6 is 0 Å². The summed E-state index contributed by atoms with van der Waals surface area (Å²) in [4.78, 5) is 23.4. The van der Waals surface area contributed by atoms with E-state index in [1.807, 2.05) is 19.1 Å². The zero-order chi connectivity index (χ0) is 18.2. The zero-order valence-corrected chi connectivity index (χ0v) is 14.7. The first-order chi connectivity index (χ1) is 12.0. The van der Waals surface area contributed by atoms with Crippen molar-refractivity contribution in [3.05, 3.63) is 41.0 Å². The Morgan fingerprint density at radius 2 is 2.12 bits per heavy atom. The Morgan fingerprint density at radius 1 is 1.32 bits per heavy atom. The van der Waals surface area contributed by atoms with Crippen molar-refractivity contribution in [1.29, 1.82) is 0 Å². The molecule has 1 atom stereocenters. The van der Waals surface area contributed by atoms with Gasteiger partial charge in [0.1, 0.15) is 0 Å². The van der Waals surface area contributed by atoms with E-state index in [0.717, 1.165) is 30.4 Å². The number of aliphatic hydroxyl groups excluding tert-OH is 1. The number of hydrogen-bond donors (Lipinski definition) is 4. The molecule has 5 N–H and O–H groups in total. The molecule has 3 amide bonds. The third-order valence-corrected chi connectivity index (χ3v) is 4.30. The molecule has 0 saturated carbocycles. The molecule has 1 aromatic rings. The minimum atomic E-state index is -0.414. The van der Waals surface area contributed by atoms with Crippen molar-refractivity contribution in [2.24, 2.45) is 5.73 Å². The average Bonchev–Trinajstić information content (AvgIpc) is 2.60. The molecule has 136 valence electrons. The number of carbonyl (C=O) groups is 2. The number of carbonyl (C=O) groups excluding carboxylic acids is 2. The smallest absolute Gasteiger partial charge is 0.315 e. The van der Waals surface area contributed by atoms with E-state index in [4.69, 9.17) is 10.8 Å². The second kappa shape index (κ2) is 9.22. The molecule has 1 aromatic carbocycles. The van der Waals surface area contributed by atoms with Crippen molar-refractivity contribution in [2.75, 3.05) is 13.2 Å². The van der Waals surface area contributed by atoms with Gasteiger partial charge in [0.05, 0.1) is 6.61 Å². The van der Waals surface area contributed by atoms with E-state index >= 15 is 0 Å². The first kappa shape index (κ1) is 19.0. The maximum absolute atomic E-state index is 11.8. The third kappa shape index (κ3) is 5.60. The van der Waals surface area contributed by atoms with Gasteiger partial charge in [0.15, 0.2) is 0 Å². The van der Waals surface area contributed by atoms with Crippen LogP contribution in [0, 0.1) is 0 Å². The normalized spacial score (nSPS) is 15.2. The molecule has 0 saturated heterocycles. The summed E-state index contributed by atoms with van der Waals surface area (Å²) in [5.41, 5.74) is 9.23. The van der Waals surface area contributed by atoms with Crippen molar-refractivity contribution in [3.63, 3.8) is 0 Å². The molecule has 0 radical (unpaired) electrons. The summed E-state index contributed by atoms with van der Waals surface area (Å²) < 4.78 is 0. The lowest BCUT2D eigenvalue weighted by Gasteiger charge is -2.18. The highest BCUT2D eigenvalue weighted by molar-refractivity contribution is 5.98. The molecule has 1 aliphatic carbocycles. The topological polar surface area (TPSA) is 104 Å². The molecular formula is C19H27N3O3. The number of urea groups is 1. The van der Waals surface area contributed by atoms with Crippen LogP contribution in [0.1, 0.15) is 54.1 Å². The van der Waals surface area contributed by atoms with Gasteiger partial charge in [-0.1, -0.05) is 18.2 Å². The second-order valence-electron chi connectivity index (χ2n) is 6.45. The largest absolute Gasteiger partial charge is 0.395 e. The van der Waals surface area contributed by atoms with Gasteiger partial charge in [-0.25, -0.2) is 4.79 Å². The van der Waals surface area contributed by atoms with E-state index in [-0.39, 0.29) is 25.2 Å². The number of benzene rings is 1. The fourth-order valence-electron chi connectivity index (χ4n) is 3.13. The fourth-order valence-corrected chi connectivity index (χ4v) is 3.13. The van der Waals surface area contributed by atoms with E-state index in [1.165, 1.54) is 12.0 Å². The van der Waals surface area contributed by atoms with Gasteiger partial charge in [0, 0.05) is 18.2 Å². The predicted molar refractivity (Wildman–Crippen MR) is 98.2 cm³/mol. The summed E-state index contributed by atoms with van der Waals surface area (Å²) >= 11 is 0. The van der Waals surface area contributed by atoms with Crippen molar-refractivity contribution < 1.29 is 14.7 Å². The second-order valence-corrected chi connectivity index (χ2v) is 6.45. The zero-order valence-electron chi connectivity index (χ0n) is 14.7. The molecule has 1 aliphatic rings. The number of hydrogen-bond acceptors (Lipinski definition) is 3. The maximum Gasteiger partial charge on any atom is 0.315 e. The van der Waals surface area contributed by atoms with Crippen LogP contribution in [-0.2, 0) is 6.42 Å². The molecule has 2 rings (SSSR count). The first-order valence-corrected chi connectivity index (χ1v) is 8.78. The number of primary amides is 1. The van der Waals surface area contributed by atoms with Gasteiger partial charge in [0.25, 0.3) is 0 Å². The molecule has 0 spiro atoms. The Hall–Kier alpha value is -2.34. The molecule has 0 bridgehead atoms. The van der Waals surface area contributed by atoms with Crippen LogP contribution in [0.3, 0.4) is 0 Å². The Labute approximate surface area is 148 Å². The predicted octanol–water partition coefficient (Wildman–Crippen LogP) is 1.97. The number of nitrogens with two attached hydrogens (primary N) is 1. The minimum Gasteiger partial charge on any atom is -0.395 e. The van der Waals surface area contributed by atoms with E-state index in [9.17, 15) is 9.59 Å². The molecular weight excluding hydrogens is 318 g/mol. The standard InChI is InChI=1S/C19H27N3O3/c1-13(22-19(25)21-9-10-23)11-14-7-8-16(18(20)24)17(12-14)15-5-3-2-4-6-15/h5,7-8,12-13,23H,2-4,6,9-11H2,1H3,(H2,20,24)(H2,21,22,25). The molecule has 25 heavy (non-hydrogen) atoms. The fraction of sp³-hybridized carbons (Fsp3) is 0.474. The van der Waals surface area contributed by atoms with Crippen LogP contribution in [0.25, 0.3) is 5.57 Å². The molecule has 6 heteroatoms. The first-order valence-electron chi connectivity index (χ1n) is 8.78. The molecule has 0 aliphatic heterocycles. The number of amides is 3. The number of allylic oxidation sites excluding steroid dienone is 2. The maximum atomic E-state index is 11.8. The van der Waals surface area contributed by atoms with Crippen molar-refractivity contribution >= 4 is 17.5 Å². The summed E-state index contributed by atoms with van der Waals surface area (Å²) in [5, 5.41) is 14.1. The van der Waals surface area contributed by atoms with Gasteiger partial charge in [0.2, 0.25) is 5.91 Å². The average molecular weight is 345 g/mol. The van der Waals surface area contributed by atoms with Gasteiger partial charge in [-0.3, -0.25) is 4.79 Å². The highest BCUT2D eigenvalue weighted by Gasteiger charge is 2.16. The van der Waals surface area contributed by atoms with E-state index in [2.05, 4.69) is 16.7 Å². The van der Waals surface area contributed by atoms with Crippen LogP contribution in [-0.4, -0.2) is 36.2 Å². The number of rotatable bonds is 7. The summed E-state index contributed by atoms with van der Waals surface area (Å²) in [6, 6.07) is 5.30. The van der Waals surface area contributed by atoms with Gasteiger partial charge < -0.3 is 21.5 Å². The van der Waals surface area contributed by atoms with Crippen LogP contribution in [0.4, 0.5) is 4.79 Å². The van der Waals surface area contributed by atoms with Gasteiger partial charge in [-0.2, -0.15) is 0 Å². The third-order valence-electron chi connectivity index (χ3n) is 4.30. The van der Waals surface area contributed by atoms with Crippen molar-refractivity contribution in [3.8, 4) is 0 Å². The van der Waals surface area contributed by atoms with Gasteiger partial charge in [-0.05, 0) is 61.8 Å². The van der Waals surface area contributed by atoms with E-state index in [0.29, 0.717) is 12.0 Å². The summed E-state index contributed by atoms with van der Waals surface area (Å²) in [6.45, 7) is 2.05. The van der Waals surface area contributed by atoms with Gasteiger partial charge in [-0.15, -0.1) is 0 Å². The SMILES string of the molecule is CC(Cc1ccc(C(N)=O)c(C2=CCCCC2)c1)NC(=O)NCCO. The van der Waals surface area contributed by atoms with Crippen LogP contribution in [0.5, 0.6) is 0 Å². The monoisotopic (exact) mass is 345 g/mol. The number of nitrogens with one attached hydrogen (secondary N) is 2. The highest BCUT2D eigenvalue weighted by atomic mass is 16.3. The Balaban J connectivity index is 2.12. The Kier molecular flexibility index (Phi) is 7.01. The Bertz CT molecular complexity index is 655. The minimum absolute atomic E-state index is 0.0775. The summed E-state index contributed by atoms with van der Waals surface area (Å²) in [5.74, 6) is -0.414. The lowest BCUT2D eigenvalue weighted by molar-refractivity contribution is 0.1000. The molecule has 6 nitrogen and oxygen atoms in total. The lowest BCUT2D eigenvalue weighted by Crippen LogP contribution is -2.42. The summed E-state index contributed by atoms with van der Waals surface area (Å²) in [6.07, 6.45) is 7.13. The Morgan fingerprint density at radius 3 is 2.76 bits per heavy atom. The molecule has 0 aromatic heterocycles. The molecule has 0 heterocycles. The van der Waals surface area contributed by atoms with E-state index < -0.39 is 5.91 Å². The van der Waals surface area contributed by atoms with E-state index in [1.54, 1.807) is 6.07 Å². The van der Waals surface area contributed by atoms with Crippen LogP contribution < -0.4 is 16.4 Å². The summed E-state index contributed by atoms with van der Waals surface area (Å²) in [7, 11) is 0. The van der Waals surface area contributed by atoms with Crippen LogP contribution in [0.2, 0.25) is 0 Å². The van der Waals surface area contributed by atoms with Gasteiger partial charge >= 0.3 is 6.03 Å². The lowest BCUT2D eigenvalue weighted by atomic mass is 9.88. The number of aliphatic hydroxyl groups is 1.